The summed E-state index contributed by atoms with van der Waals surface area (Å²) in [6.45, 7) is 7.07. The molecular formula is C17H27NO5. The van der Waals surface area contributed by atoms with Gasteiger partial charge in [-0.1, -0.05) is 30.3 Å². The summed E-state index contributed by atoms with van der Waals surface area (Å²) < 4.78 is 10.0. The van der Waals surface area contributed by atoms with Crippen LogP contribution in [0.15, 0.2) is 30.3 Å². The number of hydrogen-bond acceptors (Lipinski definition) is 5. The van der Waals surface area contributed by atoms with Gasteiger partial charge in [0.15, 0.2) is 0 Å². The van der Waals surface area contributed by atoms with E-state index in [-0.39, 0.29) is 5.97 Å². The molecule has 0 aliphatic carbocycles. The van der Waals surface area contributed by atoms with Crippen molar-refractivity contribution in [1.82, 2.24) is 5.32 Å². The first-order valence-corrected chi connectivity index (χ1v) is 7.31. The summed E-state index contributed by atoms with van der Waals surface area (Å²) in [5.74, 6) is -0.912. The van der Waals surface area contributed by atoms with Crippen molar-refractivity contribution >= 4 is 12.1 Å². The summed E-state index contributed by atoms with van der Waals surface area (Å²) in [7, 11) is 2.33. The van der Waals surface area contributed by atoms with Gasteiger partial charge in [0.25, 0.3) is 0 Å². The number of aliphatic hydroxyl groups excluding tert-OH is 1. The number of esters is 1. The Morgan fingerprint density at radius 3 is 2.09 bits per heavy atom. The number of ether oxygens (including phenoxy) is 2. The highest BCUT2D eigenvalue weighted by molar-refractivity contribution is 5.75. The fourth-order valence-electron chi connectivity index (χ4n) is 1.91. The Kier molecular flexibility index (Phi) is 8.95. The van der Waals surface area contributed by atoms with Gasteiger partial charge in [-0.25, -0.2) is 4.79 Å². The van der Waals surface area contributed by atoms with Gasteiger partial charge in [-0.05, 0) is 33.3 Å². The molecule has 0 aromatic heterocycles. The first-order valence-electron chi connectivity index (χ1n) is 7.31. The van der Waals surface area contributed by atoms with Crippen molar-refractivity contribution in [1.29, 1.82) is 0 Å². The molecule has 1 rings (SSSR count). The summed E-state index contributed by atoms with van der Waals surface area (Å²) in [6.07, 6.45) is -0.563. The second-order valence-electron chi connectivity index (χ2n) is 5.85. The zero-order valence-electron chi connectivity index (χ0n) is 14.6. The van der Waals surface area contributed by atoms with E-state index in [1.54, 1.807) is 27.7 Å². The van der Waals surface area contributed by atoms with Gasteiger partial charge in [-0.3, -0.25) is 4.79 Å². The van der Waals surface area contributed by atoms with E-state index in [1.807, 2.05) is 30.3 Å². The molecule has 0 radical (unpaired) electrons. The molecule has 0 aliphatic rings. The molecule has 1 unspecified atom stereocenters. The van der Waals surface area contributed by atoms with Crippen LogP contribution in [-0.2, 0) is 14.3 Å². The molecule has 2 atom stereocenters. The minimum Gasteiger partial charge on any atom is -0.469 e. The number of benzene rings is 1. The van der Waals surface area contributed by atoms with Crippen molar-refractivity contribution in [2.24, 2.45) is 5.92 Å². The number of nitrogens with one attached hydrogen (secondary N) is 1. The number of carbonyl (C=O) groups excluding carboxylic acids is 2. The van der Waals surface area contributed by atoms with E-state index in [0.717, 1.165) is 12.7 Å². The summed E-state index contributed by atoms with van der Waals surface area (Å²) in [5.41, 5.74) is 0.223. The van der Waals surface area contributed by atoms with E-state index < -0.39 is 23.7 Å². The maximum absolute atomic E-state index is 12.0. The molecule has 0 saturated carbocycles. The summed E-state index contributed by atoms with van der Waals surface area (Å²) in [6, 6.07) is 8.76. The van der Waals surface area contributed by atoms with Crippen LogP contribution in [0.2, 0.25) is 0 Å². The Morgan fingerprint density at radius 1 is 1.13 bits per heavy atom. The lowest BCUT2D eigenvalue weighted by Gasteiger charge is -2.26. The number of aliphatic hydroxyl groups is 1. The van der Waals surface area contributed by atoms with Crippen LogP contribution in [0.25, 0.3) is 0 Å². The Labute approximate surface area is 137 Å². The van der Waals surface area contributed by atoms with Crippen molar-refractivity contribution in [2.75, 3.05) is 14.2 Å². The smallest absolute Gasteiger partial charge is 0.408 e. The lowest BCUT2D eigenvalue weighted by atomic mass is 9.94. The predicted molar refractivity (Wildman–Crippen MR) is 87.9 cm³/mol. The van der Waals surface area contributed by atoms with E-state index in [1.165, 1.54) is 7.11 Å². The van der Waals surface area contributed by atoms with Crippen LogP contribution >= 0.6 is 0 Å². The number of carbonyl (C=O) groups is 2. The Balaban J connectivity index is 0.00000232. The van der Waals surface area contributed by atoms with Crippen molar-refractivity contribution in [2.45, 2.75) is 39.3 Å². The van der Waals surface area contributed by atoms with Gasteiger partial charge in [0, 0.05) is 7.11 Å². The van der Waals surface area contributed by atoms with E-state index in [0.29, 0.717) is 0 Å². The molecule has 6 heteroatoms. The molecule has 6 nitrogen and oxygen atoms in total. The zero-order valence-corrected chi connectivity index (χ0v) is 14.6. The van der Waals surface area contributed by atoms with Gasteiger partial charge >= 0.3 is 12.1 Å². The molecule has 0 aliphatic heterocycles. The molecule has 130 valence electrons. The summed E-state index contributed by atoms with van der Waals surface area (Å²) in [5, 5.41) is 9.74. The van der Waals surface area contributed by atoms with Gasteiger partial charge in [0.2, 0.25) is 0 Å². The molecule has 0 fully saturated rings. The second kappa shape index (κ2) is 9.84. The van der Waals surface area contributed by atoms with Crippen LogP contribution in [0.3, 0.4) is 0 Å². The third-order valence-electron chi connectivity index (χ3n) is 2.90. The monoisotopic (exact) mass is 325 g/mol. The van der Waals surface area contributed by atoms with Crippen molar-refractivity contribution < 1.29 is 24.2 Å². The SMILES string of the molecule is CO.COC(=O)[C@H](C)C(NC(=O)OC(C)(C)C)c1ccccc1. The van der Waals surface area contributed by atoms with E-state index in [4.69, 9.17) is 14.6 Å². The average molecular weight is 325 g/mol. The normalized spacial score (nSPS) is 13.0. The topological polar surface area (TPSA) is 84.9 Å². The third kappa shape index (κ3) is 7.65. The van der Waals surface area contributed by atoms with Gasteiger partial charge in [0.05, 0.1) is 19.1 Å². The van der Waals surface area contributed by atoms with Crippen LogP contribution < -0.4 is 5.32 Å². The maximum atomic E-state index is 12.0. The molecule has 0 spiro atoms. The molecule has 0 bridgehead atoms. The maximum Gasteiger partial charge on any atom is 0.408 e. The van der Waals surface area contributed by atoms with Gasteiger partial charge in [-0.2, -0.15) is 0 Å². The Hall–Kier alpha value is -2.08. The number of rotatable bonds is 4. The Morgan fingerprint density at radius 2 is 1.65 bits per heavy atom. The summed E-state index contributed by atoms with van der Waals surface area (Å²) in [4.78, 5) is 23.8. The molecular weight excluding hydrogens is 298 g/mol. The predicted octanol–water partition coefficient (Wildman–Crippen LogP) is 2.67. The fraction of sp³-hybridized carbons (Fsp3) is 0.529. The minimum atomic E-state index is -0.597. The highest BCUT2D eigenvalue weighted by atomic mass is 16.6. The quantitative estimate of drug-likeness (QED) is 0.831. The average Bonchev–Trinajstić information content (AvgIpc) is 2.52. The second-order valence-corrected chi connectivity index (χ2v) is 5.85. The lowest BCUT2D eigenvalue weighted by molar-refractivity contribution is -0.145. The molecule has 1 aromatic rings. The largest absolute Gasteiger partial charge is 0.469 e. The van der Waals surface area contributed by atoms with Crippen molar-refractivity contribution in [3.63, 3.8) is 0 Å². The van der Waals surface area contributed by atoms with Crippen LogP contribution in [0.5, 0.6) is 0 Å². The number of amides is 1. The minimum absolute atomic E-state index is 0.389. The highest BCUT2D eigenvalue weighted by Crippen LogP contribution is 2.23. The first kappa shape index (κ1) is 20.9. The van der Waals surface area contributed by atoms with Crippen LogP contribution in [-0.4, -0.2) is 37.0 Å². The van der Waals surface area contributed by atoms with Gasteiger partial charge in [-0.15, -0.1) is 0 Å². The molecule has 2 N–H and O–H groups in total. The van der Waals surface area contributed by atoms with E-state index in [2.05, 4.69) is 5.32 Å². The van der Waals surface area contributed by atoms with Gasteiger partial charge < -0.3 is 19.9 Å². The molecule has 1 aromatic carbocycles. The molecule has 0 heterocycles. The van der Waals surface area contributed by atoms with Gasteiger partial charge in [0.1, 0.15) is 5.60 Å². The fourth-order valence-corrected chi connectivity index (χ4v) is 1.91. The third-order valence-corrected chi connectivity index (χ3v) is 2.90. The first-order chi connectivity index (χ1) is 10.7. The number of hydrogen-bond donors (Lipinski definition) is 2. The van der Waals surface area contributed by atoms with Crippen LogP contribution in [0, 0.1) is 5.92 Å². The molecule has 23 heavy (non-hydrogen) atoms. The van der Waals surface area contributed by atoms with Crippen LogP contribution in [0.1, 0.15) is 39.3 Å². The summed E-state index contributed by atoms with van der Waals surface area (Å²) >= 11 is 0. The van der Waals surface area contributed by atoms with Crippen molar-refractivity contribution in [3.05, 3.63) is 35.9 Å². The zero-order chi connectivity index (χ0) is 18.0. The standard InChI is InChI=1S/C16H23NO4.CH4O/c1-11(14(18)20-5)13(12-9-7-6-8-10-12)17-15(19)21-16(2,3)4;1-2/h6-11,13H,1-5H3,(H,17,19);2H,1H3/t11-,13?;/m1./s1. The van der Waals surface area contributed by atoms with E-state index >= 15 is 0 Å². The van der Waals surface area contributed by atoms with E-state index in [9.17, 15) is 9.59 Å². The molecule has 1 amide bonds. The van der Waals surface area contributed by atoms with Crippen molar-refractivity contribution in [3.8, 4) is 0 Å². The highest BCUT2D eigenvalue weighted by Gasteiger charge is 2.29. The number of methoxy groups -OCH3 is 1. The molecule has 0 saturated heterocycles. The Bertz CT molecular complexity index is 482. The number of alkyl carbamates (subject to hydrolysis) is 1. The lowest BCUT2D eigenvalue weighted by Crippen LogP contribution is -2.39. The van der Waals surface area contributed by atoms with Crippen LogP contribution in [0.4, 0.5) is 4.79 Å².